The van der Waals surface area contributed by atoms with Gasteiger partial charge < -0.3 is 4.74 Å². The van der Waals surface area contributed by atoms with Crippen molar-refractivity contribution in [3.8, 4) is 5.75 Å². The van der Waals surface area contributed by atoms with Crippen molar-refractivity contribution in [3.63, 3.8) is 0 Å². The minimum Gasteiger partial charge on any atom is -0.489 e. The summed E-state index contributed by atoms with van der Waals surface area (Å²) in [5.41, 5.74) is 2.87. The van der Waals surface area contributed by atoms with E-state index < -0.39 is 0 Å². The van der Waals surface area contributed by atoms with E-state index in [1.54, 1.807) is 6.08 Å². The minimum atomic E-state index is -0.273. The monoisotopic (exact) mass is 501 g/mol. The molecule has 0 aromatic heterocycles. The van der Waals surface area contributed by atoms with Crippen molar-refractivity contribution >= 4 is 50.5 Å². The second-order valence-corrected chi connectivity index (χ2v) is 9.90. The summed E-state index contributed by atoms with van der Waals surface area (Å²) in [5.74, 6) is 0.432. The first-order valence-electron chi connectivity index (χ1n) is 12.1. The van der Waals surface area contributed by atoms with Gasteiger partial charge >= 0.3 is 0 Å². The largest absolute Gasteiger partial charge is 0.489 e. The van der Waals surface area contributed by atoms with Gasteiger partial charge in [0.05, 0.1) is 11.4 Å². The van der Waals surface area contributed by atoms with E-state index in [1.807, 2.05) is 84.9 Å². The van der Waals surface area contributed by atoms with Crippen LogP contribution < -0.4 is 4.74 Å². The van der Waals surface area contributed by atoms with Crippen LogP contribution in [0.1, 0.15) is 16.7 Å². The van der Waals surface area contributed by atoms with Crippen LogP contribution in [0.5, 0.6) is 5.75 Å². The number of rotatable bonds is 6. The second kappa shape index (κ2) is 9.96. The van der Waals surface area contributed by atoms with Gasteiger partial charge in [0.1, 0.15) is 12.4 Å². The molecule has 0 aliphatic carbocycles. The molecule has 0 spiro atoms. The Morgan fingerprint density at radius 2 is 1.32 bits per heavy atom. The Bertz CT molecular complexity index is 1680. The third-order valence-corrected chi connectivity index (χ3v) is 7.42. The van der Waals surface area contributed by atoms with Crippen LogP contribution in [0.2, 0.25) is 0 Å². The number of carbonyl (C=O) groups excluding carboxylic acids is 2. The summed E-state index contributed by atoms with van der Waals surface area (Å²) in [6, 6.07) is 36.0. The third-order valence-electron chi connectivity index (χ3n) is 6.51. The fourth-order valence-corrected chi connectivity index (χ4v) is 5.50. The molecular formula is C32H23NO3S. The molecule has 37 heavy (non-hydrogen) atoms. The first-order valence-corrected chi connectivity index (χ1v) is 12.9. The maximum Gasteiger partial charge on any atom is 0.293 e. The third kappa shape index (κ3) is 4.74. The van der Waals surface area contributed by atoms with E-state index in [9.17, 15) is 9.59 Å². The maximum absolute atomic E-state index is 13.2. The van der Waals surface area contributed by atoms with Crippen molar-refractivity contribution in [1.82, 2.24) is 4.90 Å². The molecule has 4 nitrogen and oxygen atoms in total. The number of hydrogen-bond donors (Lipinski definition) is 0. The van der Waals surface area contributed by atoms with Gasteiger partial charge in [-0.3, -0.25) is 14.5 Å². The van der Waals surface area contributed by atoms with Gasteiger partial charge in [-0.1, -0.05) is 97.1 Å². The van der Waals surface area contributed by atoms with Gasteiger partial charge in [0.2, 0.25) is 0 Å². The molecule has 0 atom stereocenters. The summed E-state index contributed by atoms with van der Waals surface area (Å²) in [5, 5.41) is 4.22. The highest BCUT2D eigenvalue weighted by atomic mass is 32.2. The molecule has 6 rings (SSSR count). The van der Waals surface area contributed by atoms with Crippen LogP contribution in [-0.2, 0) is 17.9 Å². The predicted molar refractivity (Wildman–Crippen MR) is 150 cm³/mol. The summed E-state index contributed by atoms with van der Waals surface area (Å²) in [4.78, 5) is 27.7. The van der Waals surface area contributed by atoms with Crippen LogP contribution in [0.3, 0.4) is 0 Å². The quantitative estimate of drug-likeness (QED) is 0.223. The van der Waals surface area contributed by atoms with Crippen LogP contribution in [-0.4, -0.2) is 16.0 Å². The summed E-state index contributed by atoms with van der Waals surface area (Å²) in [6.45, 7) is 0.684. The number of thioether (sulfide) groups is 1. The number of benzene rings is 5. The smallest absolute Gasteiger partial charge is 0.293 e. The standard InChI is InChI=1S/C32H23NO3S/c34-31-30(37-32(35)33(31)20-25-13-6-11-23-9-1-3-16-28(23)25)19-22-8-5-15-27(18-22)36-21-26-14-7-12-24-10-2-4-17-29(24)26/h1-19H,20-21H2/b30-19-. The maximum atomic E-state index is 13.2. The number of imide groups is 1. The zero-order valence-corrected chi connectivity index (χ0v) is 20.8. The minimum absolute atomic E-state index is 0.248. The molecule has 1 heterocycles. The van der Waals surface area contributed by atoms with Crippen LogP contribution >= 0.6 is 11.8 Å². The molecule has 1 aliphatic rings. The predicted octanol–water partition coefficient (Wildman–Crippen LogP) is 7.81. The lowest BCUT2D eigenvalue weighted by Crippen LogP contribution is -2.27. The molecule has 0 unspecified atom stereocenters. The molecule has 0 bridgehead atoms. The van der Waals surface area contributed by atoms with Gasteiger partial charge in [0, 0.05) is 0 Å². The molecule has 5 aromatic carbocycles. The van der Waals surface area contributed by atoms with E-state index in [1.165, 1.54) is 15.7 Å². The summed E-state index contributed by atoms with van der Waals surface area (Å²) in [7, 11) is 0. The first-order chi connectivity index (χ1) is 18.2. The molecule has 1 saturated heterocycles. The van der Waals surface area contributed by atoms with Crippen LogP contribution in [0, 0.1) is 0 Å². The molecule has 5 heteroatoms. The lowest BCUT2D eigenvalue weighted by atomic mass is 10.0. The van der Waals surface area contributed by atoms with E-state index in [4.69, 9.17) is 4.74 Å². The molecular weight excluding hydrogens is 478 g/mol. The van der Waals surface area contributed by atoms with E-state index in [2.05, 4.69) is 24.3 Å². The fourth-order valence-electron chi connectivity index (χ4n) is 4.66. The van der Waals surface area contributed by atoms with Crippen molar-refractivity contribution in [2.75, 3.05) is 0 Å². The highest BCUT2D eigenvalue weighted by Crippen LogP contribution is 2.34. The van der Waals surface area contributed by atoms with E-state index >= 15 is 0 Å². The second-order valence-electron chi connectivity index (χ2n) is 8.91. The Kier molecular flexibility index (Phi) is 6.21. The number of ether oxygens (including phenoxy) is 1. The fraction of sp³-hybridized carbons (Fsp3) is 0.0625. The number of carbonyl (C=O) groups is 2. The Balaban J connectivity index is 1.19. The van der Waals surface area contributed by atoms with Gasteiger partial charge in [0.25, 0.3) is 11.1 Å². The van der Waals surface area contributed by atoms with Gasteiger partial charge in [-0.25, -0.2) is 0 Å². The normalized spacial score (nSPS) is 14.7. The van der Waals surface area contributed by atoms with E-state index in [0.29, 0.717) is 17.3 Å². The molecule has 0 N–H and O–H groups in total. The van der Waals surface area contributed by atoms with Gasteiger partial charge in [-0.2, -0.15) is 0 Å². The highest BCUT2D eigenvalue weighted by Gasteiger charge is 2.35. The summed E-state index contributed by atoms with van der Waals surface area (Å²) < 4.78 is 6.10. The topological polar surface area (TPSA) is 46.6 Å². The Morgan fingerprint density at radius 3 is 2.08 bits per heavy atom. The Morgan fingerprint density at radius 1 is 0.703 bits per heavy atom. The van der Waals surface area contributed by atoms with Crippen molar-refractivity contribution in [1.29, 1.82) is 0 Å². The zero-order valence-electron chi connectivity index (χ0n) is 20.0. The summed E-state index contributed by atoms with van der Waals surface area (Å²) >= 11 is 0.976. The van der Waals surface area contributed by atoms with Crippen molar-refractivity contribution in [2.24, 2.45) is 0 Å². The van der Waals surface area contributed by atoms with Gasteiger partial charge in [-0.05, 0) is 68.2 Å². The van der Waals surface area contributed by atoms with E-state index in [0.717, 1.165) is 39.2 Å². The molecule has 1 fully saturated rings. The Hall–Kier alpha value is -4.35. The number of nitrogens with zero attached hydrogens (tertiary/aromatic N) is 1. The average Bonchev–Trinajstić information content (AvgIpc) is 3.19. The molecule has 0 radical (unpaired) electrons. The number of hydrogen-bond acceptors (Lipinski definition) is 4. The van der Waals surface area contributed by atoms with Crippen LogP contribution in [0.15, 0.2) is 114 Å². The molecule has 180 valence electrons. The van der Waals surface area contributed by atoms with Gasteiger partial charge in [0.15, 0.2) is 0 Å². The summed E-state index contributed by atoms with van der Waals surface area (Å²) in [6.07, 6.45) is 1.76. The zero-order chi connectivity index (χ0) is 25.2. The lowest BCUT2D eigenvalue weighted by Gasteiger charge is -2.14. The van der Waals surface area contributed by atoms with Crippen molar-refractivity contribution in [3.05, 3.63) is 131 Å². The molecule has 1 aliphatic heterocycles. The lowest BCUT2D eigenvalue weighted by molar-refractivity contribution is -0.123. The number of fused-ring (bicyclic) bond motifs is 2. The average molecular weight is 502 g/mol. The molecule has 5 aromatic rings. The van der Waals surface area contributed by atoms with Gasteiger partial charge in [-0.15, -0.1) is 0 Å². The van der Waals surface area contributed by atoms with Crippen LogP contribution in [0.4, 0.5) is 4.79 Å². The highest BCUT2D eigenvalue weighted by molar-refractivity contribution is 8.18. The number of amides is 2. The van der Waals surface area contributed by atoms with E-state index in [-0.39, 0.29) is 17.7 Å². The van der Waals surface area contributed by atoms with Crippen LogP contribution in [0.25, 0.3) is 27.6 Å². The first kappa shape index (κ1) is 23.1. The molecule has 2 amide bonds. The SMILES string of the molecule is O=C1S/C(=C\c2cccc(OCc3cccc4ccccc34)c2)C(=O)N1Cc1cccc2ccccc12. The Labute approximate surface area is 219 Å². The molecule has 0 saturated carbocycles. The van der Waals surface area contributed by atoms with Crippen molar-refractivity contribution in [2.45, 2.75) is 13.2 Å². The van der Waals surface area contributed by atoms with Crippen molar-refractivity contribution < 1.29 is 14.3 Å².